The van der Waals surface area contributed by atoms with Crippen molar-refractivity contribution in [3.8, 4) is 0 Å². The largest absolute Gasteiger partial charge is 0.468 e. The number of nitrogens with zero attached hydrogens (tertiary/aromatic N) is 2. The van der Waals surface area contributed by atoms with Gasteiger partial charge in [-0.25, -0.2) is 0 Å². The molecule has 146 valence electrons. The number of carbonyl (C=O) groups is 2. The molecule has 0 radical (unpaired) electrons. The van der Waals surface area contributed by atoms with Gasteiger partial charge in [0.25, 0.3) is 0 Å². The first-order valence-electron chi connectivity index (χ1n) is 9.46. The summed E-state index contributed by atoms with van der Waals surface area (Å²) in [5, 5.41) is 2.01. The van der Waals surface area contributed by atoms with Gasteiger partial charge in [0.1, 0.15) is 12.3 Å². The van der Waals surface area contributed by atoms with Crippen molar-refractivity contribution in [1.82, 2.24) is 0 Å². The maximum atomic E-state index is 13.3. The first-order valence-corrected chi connectivity index (χ1v) is 10.3. The van der Waals surface area contributed by atoms with Gasteiger partial charge in [0, 0.05) is 17.0 Å². The predicted octanol–water partition coefficient (Wildman–Crippen LogP) is 4.56. The number of thiophene rings is 1. The Hall–Kier alpha value is -2.47. The Labute approximate surface area is 169 Å². The van der Waals surface area contributed by atoms with Gasteiger partial charge in [0.15, 0.2) is 0 Å². The first kappa shape index (κ1) is 18.9. The summed E-state index contributed by atoms with van der Waals surface area (Å²) < 4.78 is 4.97. The van der Waals surface area contributed by atoms with Gasteiger partial charge in [-0.1, -0.05) is 32.0 Å². The molecule has 6 heteroatoms. The number of carbonyl (C=O) groups excluding carboxylic acids is 2. The molecule has 0 bridgehead atoms. The Bertz CT molecular complexity index is 933. The molecule has 1 aliphatic carbocycles. The molecule has 1 aromatic heterocycles. The lowest BCUT2D eigenvalue weighted by Crippen LogP contribution is -2.46. The summed E-state index contributed by atoms with van der Waals surface area (Å²) in [4.78, 5) is 33.6. The van der Waals surface area contributed by atoms with Crippen LogP contribution in [0.3, 0.4) is 0 Å². The summed E-state index contributed by atoms with van der Waals surface area (Å²) in [6, 6.07) is 11.6. The van der Waals surface area contributed by atoms with Crippen molar-refractivity contribution in [2.45, 2.75) is 32.7 Å². The number of anilines is 1. The van der Waals surface area contributed by atoms with Crippen LogP contribution in [0.15, 0.2) is 46.8 Å². The van der Waals surface area contributed by atoms with E-state index in [2.05, 4.69) is 13.8 Å². The Morgan fingerprint density at radius 1 is 1.25 bits per heavy atom. The number of rotatable bonds is 3. The lowest BCUT2D eigenvalue weighted by Gasteiger charge is -2.40. The molecule has 1 aromatic carbocycles. The summed E-state index contributed by atoms with van der Waals surface area (Å²) in [5.74, 6) is -0.497. The second-order valence-electron chi connectivity index (χ2n) is 8.22. The number of hydrogen-bond donors (Lipinski definition) is 0. The fraction of sp³-hybridized carbons (Fsp3) is 0.409. The standard InChI is InChI=1S/C22H24N2O3S/c1-22(2)11-15-20(17(25)12-22)21(18-9-6-10-28-18)24(13-19(26)27-3)16-8-5-4-7-14(16)23-15/h4-10,20-21H,11-13H2,1-3H3/t20?,21-/m1/s1. The second-order valence-corrected chi connectivity index (χ2v) is 9.20. The lowest BCUT2D eigenvalue weighted by atomic mass is 9.68. The number of esters is 1. The van der Waals surface area contributed by atoms with Gasteiger partial charge < -0.3 is 9.64 Å². The van der Waals surface area contributed by atoms with Gasteiger partial charge in [0.05, 0.1) is 30.4 Å². The predicted molar refractivity (Wildman–Crippen MR) is 111 cm³/mol. The summed E-state index contributed by atoms with van der Waals surface area (Å²) in [6.07, 6.45) is 1.28. The number of Topliss-reactive ketones (excluding diaryl/α,β-unsaturated/α-hetero) is 1. The summed E-state index contributed by atoms with van der Waals surface area (Å²) in [7, 11) is 1.39. The maximum absolute atomic E-state index is 13.3. The number of para-hydroxylation sites is 2. The van der Waals surface area contributed by atoms with E-state index in [-0.39, 0.29) is 35.7 Å². The quantitative estimate of drug-likeness (QED) is 0.714. The highest BCUT2D eigenvalue weighted by Gasteiger charge is 2.47. The average molecular weight is 397 g/mol. The van der Waals surface area contributed by atoms with Crippen molar-refractivity contribution in [3.05, 3.63) is 46.7 Å². The third-order valence-corrected chi connectivity index (χ3v) is 6.43. The van der Waals surface area contributed by atoms with Crippen molar-refractivity contribution in [1.29, 1.82) is 0 Å². The Morgan fingerprint density at radius 3 is 2.75 bits per heavy atom. The third-order valence-electron chi connectivity index (χ3n) is 5.49. The molecule has 0 amide bonds. The molecule has 5 nitrogen and oxygen atoms in total. The summed E-state index contributed by atoms with van der Waals surface area (Å²) in [5.41, 5.74) is 2.47. The van der Waals surface area contributed by atoms with Gasteiger partial charge in [-0.2, -0.15) is 0 Å². The zero-order valence-corrected chi connectivity index (χ0v) is 17.2. The van der Waals surface area contributed by atoms with Gasteiger partial charge in [0.2, 0.25) is 0 Å². The van der Waals surface area contributed by atoms with Crippen LogP contribution >= 0.6 is 11.3 Å². The maximum Gasteiger partial charge on any atom is 0.325 e. The van der Waals surface area contributed by atoms with Gasteiger partial charge in [-0.15, -0.1) is 11.3 Å². The number of benzene rings is 1. The number of fused-ring (bicyclic) bond motifs is 2. The molecular weight excluding hydrogens is 372 g/mol. The number of methoxy groups -OCH3 is 1. The highest BCUT2D eigenvalue weighted by atomic mass is 32.1. The molecule has 0 spiro atoms. The zero-order chi connectivity index (χ0) is 19.9. The Kier molecular flexibility index (Phi) is 4.83. The third kappa shape index (κ3) is 3.37. The van der Waals surface area contributed by atoms with Crippen molar-refractivity contribution in [2.75, 3.05) is 18.6 Å². The Balaban J connectivity index is 1.92. The summed E-state index contributed by atoms with van der Waals surface area (Å²) in [6.45, 7) is 4.31. The fourth-order valence-corrected chi connectivity index (χ4v) is 5.22. The van der Waals surface area contributed by atoms with Crippen molar-refractivity contribution in [3.63, 3.8) is 0 Å². The topological polar surface area (TPSA) is 59.0 Å². The van der Waals surface area contributed by atoms with Crippen LogP contribution in [0.25, 0.3) is 0 Å². The first-order chi connectivity index (χ1) is 13.4. The molecule has 1 aliphatic heterocycles. The van der Waals surface area contributed by atoms with Crippen LogP contribution in [0.4, 0.5) is 11.4 Å². The van der Waals surface area contributed by atoms with Crippen LogP contribution in [0.5, 0.6) is 0 Å². The van der Waals surface area contributed by atoms with E-state index in [1.165, 1.54) is 7.11 Å². The normalized spacial score (nSPS) is 23.3. The van der Waals surface area contributed by atoms with Crippen molar-refractivity contribution in [2.24, 2.45) is 16.3 Å². The molecule has 28 heavy (non-hydrogen) atoms. The highest BCUT2D eigenvalue weighted by Crippen LogP contribution is 2.48. The van der Waals surface area contributed by atoms with E-state index in [4.69, 9.17) is 9.73 Å². The zero-order valence-electron chi connectivity index (χ0n) is 16.3. The van der Waals surface area contributed by atoms with Crippen LogP contribution in [0, 0.1) is 11.3 Å². The molecule has 2 aromatic rings. The van der Waals surface area contributed by atoms with E-state index >= 15 is 0 Å². The van der Waals surface area contributed by atoms with Gasteiger partial charge >= 0.3 is 5.97 Å². The highest BCUT2D eigenvalue weighted by molar-refractivity contribution is 7.10. The average Bonchev–Trinajstić information content (AvgIpc) is 3.13. The van der Waals surface area contributed by atoms with E-state index < -0.39 is 0 Å². The van der Waals surface area contributed by atoms with Crippen LogP contribution in [0.2, 0.25) is 0 Å². The minimum absolute atomic E-state index is 0.0754. The number of hydrogen-bond acceptors (Lipinski definition) is 6. The number of ketones is 1. The molecule has 1 saturated carbocycles. The SMILES string of the molecule is COC(=O)CN1c2ccccc2N=C2CC(C)(C)CC(=O)C2[C@H]1c1cccs1. The number of ether oxygens (including phenoxy) is 1. The molecular formula is C22H24N2O3S. The van der Waals surface area contributed by atoms with Crippen LogP contribution in [0.1, 0.15) is 37.6 Å². The van der Waals surface area contributed by atoms with Crippen LogP contribution in [-0.2, 0) is 14.3 Å². The molecule has 0 saturated heterocycles. The smallest absolute Gasteiger partial charge is 0.325 e. The molecule has 2 heterocycles. The van der Waals surface area contributed by atoms with Crippen molar-refractivity contribution < 1.29 is 14.3 Å². The van der Waals surface area contributed by atoms with Crippen LogP contribution < -0.4 is 4.90 Å². The monoisotopic (exact) mass is 396 g/mol. The molecule has 0 N–H and O–H groups in total. The van der Waals surface area contributed by atoms with E-state index in [9.17, 15) is 9.59 Å². The van der Waals surface area contributed by atoms with Crippen LogP contribution in [-0.4, -0.2) is 31.1 Å². The number of aliphatic imine (C=N–C) groups is 1. The fourth-order valence-electron chi connectivity index (χ4n) is 4.35. The second kappa shape index (κ2) is 7.17. The van der Waals surface area contributed by atoms with E-state index in [0.717, 1.165) is 28.4 Å². The molecule has 2 aliphatic rings. The molecule has 4 rings (SSSR count). The molecule has 2 atom stereocenters. The van der Waals surface area contributed by atoms with Gasteiger partial charge in [-0.05, 0) is 35.4 Å². The van der Waals surface area contributed by atoms with E-state index in [1.54, 1.807) is 11.3 Å². The van der Waals surface area contributed by atoms with E-state index in [1.807, 2.05) is 46.7 Å². The summed E-state index contributed by atoms with van der Waals surface area (Å²) >= 11 is 1.61. The molecule has 1 fully saturated rings. The van der Waals surface area contributed by atoms with E-state index in [0.29, 0.717) is 6.42 Å². The van der Waals surface area contributed by atoms with Gasteiger partial charge in [-0.3, -0.25) is 14.6 Å². The van der Waals surface area contributed by atoms with Crippen molar-refractivity contribution >= 4 is 40.2 Å². The molecule has 1 unspecified atom stereocenters. The Morgan fingerprint density at radius 2 is 2.04 bits per heavy atom. The lowest BCUT2D eigenvalue weighted by molar-refractivity contribution is -0.139. The minimum atomic E-state index is -0.358. The minimum Gasteiger partial charge on any atom is -0.468 e.